The maximum atomic E-state index is 10.4. The van der Waals surface area contributed by atoms with Crippen molar-refractivity contribution in [3.8, 4) is 0 Å². The highest BCUT2D eigenvalue weighted by molar-refractivity contribution is 7.96. The zero-order chi connectivity index (χ0) is 27.1. The highest BCUT2D eigenvalue weighted by atomic mass is 32.2. The summed E-state index contributed by atoms with van der Waals surface area (Å²) in [5.41, 5.74) is 12.2. The van der Waals surface area contributed by atoms with Gasteiger partial charge in [-0.1, -0.05) is 0 Å². The van der Waals surface area contributed by atoms with Gasteiger partial charge in [-0.25, -0.2) is 23.4 Å². The Kier molecular flexibility index (Phi) is 11.3. The Morgan fingerprint density at radius 1 is 1.11 bits per heavy atom. The van der Waals surface area contributed by atoms with E-state index in [1.165, 1.54) is 12.7 Å². The Hall–Kier alpha value is -1.64. The molecule has 3 rings (SSSR count). The van der Waals surface area contributed by atoms with Gasteiger partial charge >= 0.3 is 0 Å². The topological polar surface area (TPSA) is 257 Å². The van der Waals surface area contributed by atoms with Crippen LogP contribution in [0.2, 0.25) is 0 Å². The Labute approximate surface area is 212 Å². The van der Waals surface area contributed by atoms with E-state index in [0.717, 1.165) is 12.2 Å². The van der Waals surface area contributed by atoms with Crippen LogP contribution < -0.4 is 11.5 Å². The highest BCUT2D eigenvalue weighted by Crippen LogP contribution is 2.32. The number of nitrogens with two attached hydrogens (primary N) is 2. The minimum atomic E-state index is -4.27. The Morgan fingerprint density at radius 3 is 2.39 bits per heavy atom. The predicted octanol–water partition coefficient (Wildman–Crippen LogP) is -2.18. The summed E-state index contributed by atoms with van der Waals surface area (Å²) in [4.78, 5) is 12.2. The molecule has 1 aliphatic rings. The van der Waals surface area contributed by atoms with Crippen LogP contribution in [0.4, 0.5) is 5.82 Å². The van der Waals surface area contributed by atoms with E-state index in [1.807, 2.05) is 0 Å². The third kappa shape index (κ3) is 9.34. The molecule has 1 aliphatic heterocycles. The molecule has 0 spiro atoms. The quantitative estimate of drug-likeness (QED) is 0.109. The van der Waals surface area contributed by atoms with Crippen molar-refractivity contribution < 1.29 is 40.9 Å². The minimum Gasteiger partial charge on any atom is -0.748 e. The number of aliphatic hydroxyl groups is 2. The maximum Gasteiger partial charge on any atom is 0.264 e. The van der Waals surface area contributed by atoms with Gasteiger partial charge in [0.05, 0.1) is 28.5 Å². The summed E-state index contributed by atoms with van der Waals surface area (Å²) in [5, 5.41) is 20.7. The molecule has 0 bridgehead atoms. The molecular weight excluding hydrogens is 540 g/mol. The first-order chi connectivity index (χ1) is 16.7. The molecule has 2 aromatic heterocycles. The van der Waals surface area contributed by atoms with Crippen molar-refractivity contribution in [2.75, 3.05) is 41.5 Å². The number of rotatable bonds is 11. The molecule has 1 unspecified atom stereocenters. The molecule has 18 heteroatoms. The van der Waals surface area contributed by atoms with Gasteiger partial charge in [0, 0.05) is 12.2 Å². The number of hydrogen-bond donors (Lipinski definition) is 5. The molecule has 7 N–H and O–H groups in total. The maximum absolute atomic E-state index is 10.4. The molecule has 1 saturated heterocycles. The van der Waals surface area contributed by atoms with Gasteiger partial charge in [-0.3, -0.25) is 9.12 Å². The van der Waals surface area contributed by atoms with Gasteiger partial charge in [0.2, 0.25) is 0 Å². The van der Waals surface area contributed by atoms with E-state index in [2.05, 4.69) is 21.2 Å². The molecule has 15 nitrogen and oxygen atoms in total. The van der Waals surface area contributed by atoms with Gasteiger partial charge in [-0.2, -0.15) is 8.42 Å². The fourth-order valence-electron chi connectivity index (χ4n) is 3.41. The Balaban J connectivity index is 0.000000324. The van der Waals surface area contributed by atoms with E-state index >= 15 is 0 Å². The fourth-order valence-corrected chi connectivity index (χ4v) is 6.20. The number of fused-ring (bicyclic) bond motifs is 1. The van der Waals surface area contributed by atoms with E-state index in [-0.39, 0.29) is 29.6 Å². The summed E-state index contributed by atoms with van der Waals surface area (Å²) in [7, 11) is -8.24. The molecule has 206 valence electrons. The number of ether oxygens (including phenoxy) is 1. The summed E-state index contributed by atoms with van der Waals surface area (Å²) in [6.07, 6.45) is 2.60. The van der Waals surface area contributed by atoms with Gasteiger partial charge < -0.3 is 31.0 Å². The number of hydrogen-bond acceptors (Lipinski definition) is 13. The van der Waals surface area contributed by atoms with E-state index in [4.69, 9.17) is 20.8 Å². The van der Waals surface area contributed by atoms with Crippen LogP contribution in [0, 0.1) is 0 Å². The monoisotopic (exact) mass is 572 g/mol. The normalized spacial score (nSPS) is 23.4. The lowest BCUT2D eigenvalue weighted by molar-refractivity contribution is -0.0290. The van der Waals surface area contributed by atoms with Crippen LogP contribution in [0.3, 0.4) is 0 Å². The van der Waals surface area contributed by atoms with E-state index in [9.17, 15) is 31.6 Å². The van der Waals surface area contributed by atoms with Gasteiger partial charge in [-0.15, -0.1) is 0 Å². The van der Waals surface area contributed by atoms with Crippen LogP contribution in [0.5, 0.6) is 0 Å². The van der Waals surface area contributed by atoms with Gasteiger partial charge in [0.15, 0.2) is 17.7 Å². The third-order valence-corrected chi connectivity index (χ3v) is 8.67. The van der Waals surface area contributed by atoms with Crippen molar-refractivity contribution in [2.45, 2.75) is 43.8 Å². The number of unbranched alkanes of at least 4 members (excludes halogenated alkanes) is 1. The zero-order valence-electron chi connectivity index (χ0n) is 19.6. The Bertz CT molecular complexity index is 1160. The van der Waals surface area contributed by atoms with Crippen LogP contribution in [0.1, 0.15) is 25.5 Å². The summed E-state index contributed by atoms with van der Waals surface area (Å²) in [5.74, 6) is 0.825. The van der Waals surface area contributed by atoms with Crippen molar-refractivity contribution in [1.29, 1.82) is 0 Å². The minimum absolute atomic E-state index is 0.0275. The average molecular weight is 573 g/mol. The number of aromatic nitrogens is 4. The lowest BCUT2D eigenvalue weighted by Crippen LogP contribution is -2.35. The van der Waals surface area contributed by atoms with Crippen molar-refractivity contribution in [3.05, 3.63) is 12.7 Å². The molecule has 5 atom stereocenters. The number of aliphatic hydroxyl groups excluding tert-OH is 2. The lowest BCUT2D eigenvalue weighted by Gasteiger charge is -2.16. The second-order valence-electron chi connectivity index (χ2n) is 8.18. The average Bonchev–Trinajstić information content (AvgIpc) is 3.32. The SMILES string of the molecule is C[S+](CCCN)C[C@H]1O[C@@H](n2cnc3c(N)ncnc32)[C@H](O)[C@@H]1O.O=S(=O)([O-])CCCCS(=O)(=O)O. The number of anilines is 1. The molecule has 0 radical (unpaired) electrons. The fraction of sp³-hybridized carbons (Fsp3) is 0.722. The van der Waals surface area contributed by atoms with Crippen LogP contribution in [0.15, 0.2) is 12.7 Å². The number of imidazole rings is 1. The standard InChI is InChI=1S/C14H23N6O3S.C4H10O6S2/c1-24(4-2-3-15)5-8-10(21)11(22)14(23-8)20-7-19-9-12(16)17-6-18-13(9)20;5-11(6,7)3-1-2-4-12(8,9)10/h6-8,10-11,14,21-22H,2-5,15H2,1H3,(H2,16,17,18);1-4H2,(H,5,6,7)(H,8,9,10)/q+1;/p-1/t8-,10-,11-,14-,24?;/m1./s1. The second kappa shape index (κ2) is 13.2. The Morgan fingerprint density at radius 2 is 1.78 bits per heavy atom. The zero-order valence-corrected chi connectivity index (χ0v) is 22.0. The first-order valence-electron chi connectivity index (χ1n) is 10.9. The molecule has 1 fully saturated rings. The first kappa shape index (κ1) is 30.6. The first-order valence-corrected chi connectivity index (χ1v) is 16.0. The molecule has 36 heavy (non-hydrogen) atoms. The molecule has 0 aliphatic carbocycles. The molecule has 0 saturated carbocycles. The van der Waals surface area contributed by atoms with Gasteiger partial charge in [-0.05, 0) is 30.3 Å². The molecule has 3 heterocycles. The predicted molar refractivity (Wildman–Crippen MR) is 133 cm³/mol. The summed E-state index contributed by atoms with van der Waals surface area (Å²) in [6, 6.07) is 0. The van der Waals surface area contributed by atoms with Gasteiger partial charge in [0.25, 0.3) is 10.1 Å². The number of nitrogens with zero attached hydrogens (tertiary/aromatic N) is 4. The van der Waals surface area contributed by atoms with E-state index in [1.54, 1.807) is 4.57 Å². The molecule has 0 aromatic carbocycles. The largest absolute Gasteiger partial charge is 0.748 e. The van der Waals surface area contributed by atoms with Crippen LogP contribution in [0.25, 0.3) is 11.2 Å². The lowest BCUT2D eigenvalue weighted by atomic mass is 10.1. The van der Waals surface area contributed by atoms with Crippen molar-refractivity contribution in [2.24, 2.45) is 5.73 Å². The van der Waals surface area contributed by atoms with Crippen molar-refractivity contribution in [1.82, 2.24) is 19.5 Å². The van der Waals surface area contributed by atoms with E-state index < -0.39 is 56.3 Å². The third-order valence-electron chi connectivity index (χ3n) is 5.19. The highest BCUT2D eigenvalue weighted by Gasteiger charge is 2.46. The van der Waals surface area contributed by atoms with Gasteiger partial charge in [0.1, 0.15) is 41.7 Å². The van der Waals surface area contributed by atoms with Crippen LogP contribution in [-0.2, 0) is 35.9 Å². The summed E-state index contributed by atoms with van der Waals surface area (Å²) >= 11 is 0. The molecule has 2 aromatic rings. The summed E-state index contributed by atoms with van der Waals surface area (Å²) in [6.45, 7) is 0.652. The molecular formula is C18H32N6O9S3. The summed E-state index contributed by atoms with van der Waals surface area (Å²) < 4.78 is 65.8. The van der Waals surface area contributed by atoms with Crippen molar-refractivity contribution in [3.63, 3.8) is 0 Å². The number of nitrogen functional groups attached to an aromatic ring is 1. The smallest absolute Gasteiger partial charge is 0.264 e. The molecule has 0 amide bonds. The van der Waals surface area contributed by atoms with Crippen LogP contribution >= 0.6 is 0 Å². The second-order valence-corrected chi connectivity index (χ2v) is 13.6. The van der Waals surface area contributed by atoms with E-state index in [0.29, 0.717) is 23.5 Å². The van der Waals surface area contributed by atoms with Crippen LogP contribution in [-0.4, -0.2) is 110 Å². The van der Waals surface area contributed by atoms with Crippen molar-refractivity contribution >= 4 is 48.1 Å².